The zero-order valence-electron chi connectivity index (χ0n) is 23.6. The number of rotatable bonds is 9. The molecular weight excluding hydrogens is 546 g/mol. The molecule has 216 valence electrons. The molecule has 2 fully saturated rings. The SMILES string of the molecule is CCCN1CC=C[C@@]2(C)S[C@]34C=CCN(c5c(C)cccc5Cl)C(=O)C3N(CCCCCCO)C(=O)[C@@H]4[C@H]2C1=O. The zero-order valence-corrected chi connectivity index (χ0v) is 25.2. The topological polar surface area (TPSA) is 81.2 Å². The van der Waals surface area contributed by atoms with E-state index in [2.05, 4.69) is 32.1 Å². The van der Waals surface area contributed by atoms with E-state index in [9.17, 15) is 19.5 Å². The van der Waals surface area contributed by atoms with Crippen LogP contribution >= 0.6 is 23.4 Å². The van der Waals surface area contributed by atoms with E-state index in [0.29, 0.717) is 36.9 Å². The quantitative estimate of drug-likeness (QED) is 0.338. The molecule has 0 radical (unpaired) electrons. The molecule has 1 unspecified atom stereocenters. The smallest absolute Gasteiger partial charge is 0.251 e. The highest BCUT2D eigenvalue weighted by Gasteiger charge is 2.73. The molecule has 7 nitrogen and oxygen atoms in total. The van der Waals surface area contributed by atoms with Gasteiger partial charge in [0, 0.05) is 37.5 Å². The maximum Gasteiger partial charge on any atom is 0.251 e. The minimum Gasteiger partial charge on any atom is -0.396 e. The summed E-state index contributed by atoms with van der Waals surface area (Å²) in [6.45, 7) is 8.17. The Morgan fingerprint density at radius 1 is 0.975 bits per heavy atom. The van der Waals surface area contributed by atoms with E-state index in [1.165, 1.54) is 0 Å². The maximum atomic E-state index is 14.7. The van der Waals surface area contributed by atoms with Crippen LogP contribution in [-0.4, -0.2) is 80.9 Å². The molecule has 0 aliphatic carbocycles. The lowest BCUT2D eigenvalue weighted by atomic mass is 9.74. The number of anilines is 1. The van der Waals surface area contributed by atoms with Crippen LogP contribution in [0.4, 0.5) is 5.69 Å². The second-order valence-corrected chi connectivity index (χ2v) is 13.8. The van der Waals surface area contributed by atoms with Gasteiger partial charge in [-0.2, -0.15) is 0 Å². The average molecular weight is 586 g/mol. The zero-order chi connectivity index (χ0) is 28.7. The number of benzene rings is 1. The minimum atomic E-state index is -0.863. The second-order valence-electron chi connectivity index (χ2n) is 11.6. The van der Waals surface area contributed by atoms with Gasteiger partial charge in [0.15, 0.2) is 0 Å². The fraction of sp³-hybridized carbons (Fsp3) is 0.581. The van der Waals surface area contributed by atoms with Crippen LogP contribution in [0.3, 0.4) is 0 Å². The second kappa shape index (κ2) is 11.5. The Morgan fingerprint density at radius 2 is 1.73 bits per heavy atom. The van der Waals surface area contributed by atoms with Crippen LogP contribution in [0.1, 0.15) is 51.5 Å². The van der Waals surface area contributed by atoms with Gasteiger partial charge in [0.2, 0.25) is 11.8 Å². The number of likely N-dealkylation sites (tertiary alicyclic amines) is 1. The van der Waals surface area contributed by atoms with Crippen molar-refractivity contribution in [1.29, 1.82) is 0 Å². The monoisotopic (exact) mass is 585 g/mol. The largest absolute Gasteiger partial charge is 0.396 e. The number of aliphatic hydroxyl groups is 1. The third-order valence-electron chi connectivity index (χ3n) is 8.90. The Labute approximate surface area is 246 Å². The number of halogens is 1. The third-order valence-corrected chi connectivity index (χ3v) is 11.0. The third kappa shape index (κ3) is 4.70. The molecule has 3 amide bonds. The van der Waals surface area contributed by atoms with Crippen LogP contribution in [0.25, 0.3) is 0 Å². The Kier molecular flexibility index (Phi) is 8.42. The lowest BCUT2D eigenvalue weighted by molar-refractivity contribution is -0.143. The number of carbonyl (C=O) groups excluding carboxylic acids is 3. The summed E-state index contributed by atoms with van der Waals surface area (Å²) >= 11 is 8.27. The summed E-state index contributed by atoms with van der Waals surface area (Å²) in [5, 5.41) is 9.69. The van der Waals surface area contributed by atoms with Crippen molar-refractivity contribution in [3.05, 3.63) is 53.1 Å². The van der Waals surface area contributed by atoms with E-state index in [1.807, 2.05) is 30.0 Å². The van der Waals surface area contributed by atoms with Gasteiger partial charge in [-0.1, -0.05) is 67.8 Å². The van der Waals surface area contributed by atoms with E-state index in [0.717, 1.165) is 37.7 Å². The molecule has 0 aromatic heterocycles. The fourth-order valence-electron chi connectivity index (χ4n) is 7.20. The number of unbranched alkanes of at least 4 members (excludes halogenated alkanes) is 3. The number of amides is 3. The van der Waals surface area contributed by atoms with Gasteiger partial charge in [0.25, 0.3) is 5.91 Å². The van der Waals surface area contributed by atoms with E-state index >= 15 is 0 Å². The summed E-state index contributed by atoms with van der Waals surface area (Å²) in [6.07, 6.45) is 12.2. The Bertz CT molecular complexity index is 1220. The summed E-state index contributed by atoms with van der Waals surface area (Å²) in [7, 11) is 0. The Morgan fingerprint density at radius 3 is 2.45 bits per heavy atom. The van der Waals surface area contributed by atoms with Gasteiger partial charge in [0.05, 0.1) is 27.3 Å². The molecule has 1 N–H and O–H groups in total. The molecule has 0 bridgehead atoms. The van der Waals surface area contributed by atoms with Crippen LogP contribution in [0.15, 0.2) is 42.5 Å². The van der Waals surface area contributed by atoms with Gasteiger partial charge < -0.3 is 19.8 Å². The molecule has 4 aliphatic rings. The average Bonchev–Trinajstić information content (AvgIpc) is 3.18. The van der Waals surface area contributed by atoms with Crippen LogP contribution in [0.5, 0.6) is 0 Å². The van der Waals surface area contributed by atoms with Crippen LogP contribution in [0.2, 0.25) is 5.02 Å². The van der Waals surface area contributed by atoms with Gasteiger partial charge in [-0.15, -0.1) is 11.8 Å². The van der Waals surface area contributed by atoms with Crippen molar-refractivity contribution in [1.82, 2.24) is 9.80 Å². The van der Waals surface area contributed by atoms with Gasteiger partial charge in [0.1, 0.15) is 6.04 Å². The van der Waals surface area contributed by atoms with Gasteiger partial charge in [-0.05, 0) is 44.7 Å². The predicted molar refractivity (Wildman–Crippen MR) is 160 cm³/mol. The number of para-hydroxylation sites is 1. The molecule has 4 aliphatic heterocycles. The molecule has 9 heteroatoms. The first-order chi connectivity index (χ1) is 19.2. The minimum absolute atomic E-state index is 0.00419. The molecule has 1 aromatic carbocycles. The molecule has 2 saturated heterocycles. The van der Waals surface area contributed by atoms with E-state index in [-0.39, 0.29) is 24.3 Å². The van der Waals surface area contributed by atoms with E-state index < -0.39 is 27.4 Å². The lowest BCUT2D eigenvalue weighted by Gasteiger charge is -2.37. The lowest BCUT2D eigenvalue weighted by Crippen LogP contribution is -2.53. The number of aliphatic hydroxyl groups excluding tert-OH is 1. The van der Waals surface area contributed by atoms with E-state index in [1.54, 1.807) is 27.6 Å². The van der Waals surface area contributed by atoms with Crippen molar-refractivity contribution >= 4 is 46.8 Å². The van der Waals surface area contributed by atoms with Crippen molar-refractivity contribution in [2.75, 3.05) is 37.7 Å². The highest BCUT2D eigenvalue weighted by atomic mass is 35.5. The maximum absolute atomic E-state index is 14.7. The van der Waals surface area contributed by atoms with Crippen LogP contribution in [0, 0.1) is 18.8 Å². The van der Waals surface area contributed by atoms with Gasteiger partial charge in [-0.3, -0.25) is 14.4 Å². The molecule has 1 spiro atoms. The van der Waals surface area contributed by atoms with Crippen LogP contribution in [-0.2, 0) is 14.4 Å². The molecular formula is C31H40ClN3O4S. The highest BCUT2D eigenvalue weighted by Crippen LogP contribution is 2.65. The van der Waals surface area contributed by atoms with Crippen molar-refractivity contribution < 1.29 is 19.5 Å². The summed E-state index contributed by atoms with van der Waals surface area (Å²) in [5.41, 5.74) is 1.56. The number of hydrogen-bond donors (Lipinski definition) is 1. The normalized spacial score (nSPS) is 31.4. The molecule has 5 rings (SSSR count). The molecule has 4 heterocycles. The summed E-state index contributed by atoms with van der Waals surface area (Å²) in [5.74, 6) is -1.44. The summed E-state index contributed by atoms with van der Waals surface area (Å²) in [4.78, 5) is 48.6. The number of hydrogen-bond acceptors (Lipinski definition) is 5. The molecule has 1 aromatic rings. The number of thioether (sulfide) groups is 1. The standard InChI is InChI=1S/C31H40ClN3O4S/c1-4-16-33-17-10-14-30(3)23(27(33)37)24-28(38)35(18-7-5-6-8-20-36)26-29(39)34(19-11-15-31(24,26)40-30)25-21(2)12-9-13-22(25)32/h9-15,23-24,26,36H,4-8,16-20H2,1-3H3/t23-,24-,26?,30+,31-/m0/s1. The highest BCUT2D eigenvalue weighted by molar-refractivity contribution is 8.02. The fourth-order valence-corrected chi connectivity index (χ4v) is 9.68. The van der Waals surface area contributed by atoms with Crippen molar-refractivity contribution in [2.45, 2.75) is 68.4 Å². The van der Waals surface area contributed by atoms with E-state index in [4.69, 9.17) is 11.6 Å². The molecule has 0 saturated carbocycles. The number of carbonyl (C=O) groups is 3. The van der Waals surface area contributed by atoms with Crippen LogP contribution < -0.4 is 4.90 Å². The number of aryl methyl sites for hydroxylation is 1. The number of fused-ring (bicyclic) bond motifs is 2. The Hall–Kier alpha value is -2.29. The van der Waals surface area contributed by atoms with Crippen molar-refractivity contribution in [3.63, 3.8) is 0 Å². The van der Waals surface area contributed by atoms with Gasteiger partial charge in [-0.25, -0.2) is 0 Å². The molecule has 40 heavy (non-hydrogen) atoms. The van der Waals surface area contributed by atoms with Crippen molar-refractivity contribution in [3.8, 4) is 0 Å². The Balaban J connectivity index is 1.59. The summed E-state index contributed by atoms with van der Waals surface area (Å²) in [6, 6.07) is 4.86. The number of nitrogens with zero attached hydrogens (tertiary/aromatic N) is 3. The summed E-state index contributed by atoms with van der Waals surface area (Å²) < 4.78 is -1.47. The first-order valence-corrected chi connectivity index (χ1v) is 15.7. The first-order valence-electron chi connectivity index (χ1n) is 14.5. The predicted octanol–water partition coefficient (Wildman–Crippen LogP) is 4.60. The van der Waals surface area contributed by atoms with Gasteiger partial charge >= 0.3 is 0 Å². The van der Waals surface area contributed by atoms with Crippen molar-refractivity contribution in [2.24, 2.45) is 11.8 Å². The first kappa shape index (κ1) is 29.2. The molecule has 5 atom stereocenters.